The molecule has 0 fully saturated rings. The van der Waals surface area contributed by atoms with Gasteiger partial charge in [-0.15, -0.1) is 0 Å². The van der Waals surface area contributed by atoms with Crippen molar-refractivity contribution >= 4 is 0 Å². The van der Waals surface area contributed by atoms with Gasteiger partial charge in [0.2, 0.25) is 0 Å². The van der Waals surface area contributed by atoms with E-state index in [1.807, 2.05) is 0 Å². The Balaban J connectivity index is 3.29. The summed E-state index contributed by atoms with van der Waals surface area (Å²) < 4.78 is 0. The molecule has 0 bridgehead atoms. The average Bonchev–Trinajstić information content (AvgIpc) is 1.82. The molecule has 0 spiro atoms. The molecule has 0 nitrogen and oxygen atoms in total. The van der Waals surface area contributed by atoms with Gasteiger partial charge < -0.3 is 0 Å². The van der Waals surface area contributed by atoms with Crippen LogP contribution in [0.1, 0.15) is 53.9 Å². The van der Waals surface area contributed by atoms with Crippen LogP contribution in [0.25, 0.3) is 0 Å². The first-order chi connectivity index (χ1) is 5.02. The highest BCUT2D eigenvalue weighted by atomic mass is 14.1. The van der Waals surface area contributed by atoms with E-state index < -0.39 is 0 Å². The summed E-state index contributed by atoms with van der Waals surface area (Å²) in [7, 11) is 0. The molecule has 0 aromatic carbocycles. The average molecular weight is 156 g/mol. The Bertz CT molecular complexity index is 82.0. The van der Waals surface area contributed by atoms with Crippen LogP contribution < -0.4 is 0 Å². The smallest absolute Gasteiger partial charge is 0.0440 e. The summed E-state index contributed by atoms with van der Waals surface area (Å²) in [5.74, 6) is 2.68. The van der Waals surface area contributed by atoms with Gasteiger partial charge in [-0.3, -0.25) is 0 Å². The van der Waals surface area contributed by atoms with Crippen LogP contribution in [0.4, 0.5) is 0 Å². The van der Waals surface area contributed by atoms with Crippen molar-refractivity contribution in [3.63, 3.8) is 0 Å². The molecule has 0 aliphatic rings. The molecule has 0 aromatic rings. The first kappa shape index (κ1) is 11.0. The van der Waals surface area contributed by atoms with Crippen molar-refractivity contribution in [1.29, 1.82) is 0 Å². The van der Waals surface area contributed by atoms with Crippen LogP contribution >= 0.6 is 0 Å². The Kier molecular flexibility index (Phi) is 5.62. The lowest BCUT2D eigenvalue weighted by Crippen LogP contribution is -2.01. The van der Waals surface area contributed by atoms with E-state index in [1.54, 1.807) is 0 Å². The van der Waals surface area contributed by atoms with Gasteiger partial charge in [-0.2, -0.15) is 0 Å². The van der Waals surface area contributed by atoms with Crippen LogP contribution in [-0.2, 0) is 0 Å². The van der Waals surface area contributed by atoms with Crippen molar-refractivity contribution in [2.24, 2.45) is 17.8 Å². The topological polar surface area (TPSA) is 0 Å². The molecule has 0 saturated heterocycles. The highest BCUT2D eigenvalue weighted by molar-refractivity contribution is 4.57. The maximum absolute atomic E-state index is 2.38. The summed E-state index contributed by atoms with van der Waals surface area (Å²) in [5, 5.41) is 0. The summed E-state index contributed by atoms with van der Waals surface area (Å²) in [5.41, 5.74) is 0. The van der Waals surface area contributed by atoms with Gasteiger partial charge in [0, 0.05) is 0 Å². The summed E-state index contributed by atoms with van der Waals surface area (Å²) in [6, 6.07) is 0. The Morgan fingerprint density at radius 1 is 0.727 bits per heavy atom. The quantitative estimate of drug-likeness (QED) is 0.562. The molecule has 0 heteroatoms. The van der Waals surface area contributed by atoms with Crippen LogP contribution in [-0.4, -0.2) is 0 Å². The van der Waals surface area contributed by atoms with Crippen LogP contribution in [0.15, 0.2) is 0 Å². The van der Waals surface area contributed by atoms with Gasteiger partial charge >= 0.3 is 0 Å². The van der Waals surface area contributed by atoms with Gasteiger partial charge in [0.25, 0.3) is 0 Å². The predicted octanol–water partition coefficient (Wildman–Crippen LogP) is 4.10. The molecular formula is C11H24. The molecule has 0 aliphatic carbocycles. The molecule has 1 unspecified atom stereocenters. The second-order valence-electron chi connectivity index (χ2n) is 4.71. The number of hydrogen-bond acceptors (Lipinski definition) is 0. The molecule has 0 N–H and O–H groups in total. The predicted molar refractivity (Wildman–Crippen MR) is 52.7 cm³/mol. The van der Waals surface area contributed by atoms with Crippen molar-refractivity contribution in [3.8, 4) is 0 Å². The van der Waals surface area contributed by atoms with Gasteiger partial charge in [-0.1, -0.05) is 47.5 Å². The normalized spacial score (nSPS) is 14.5. The SMILES string of the molecule is CC(C)CCC(C)CC(C)C. The third-order valence-corrected chi connectivity index (χ3v) is 2.11. The zero-order chi connectivity index (χ0) is 8.85. The Morgan fingerprint density at radius 3 is 1.64 bits per heavy atom. The van der Waals surface area contributed by atoms with Gasteiger partial charge in [0.1, 0.15) is 0 Å². The second kappa shape index (κ2) is 5.62. The summed E-state index contributed by atoms with van der Waals surface area (Å²) in [4.78, 5) is 0. The fourth-order valence-electron chi connectivity index (χ4n) is 1.54. The molecule has 0 aliphatic heterocycles. The molecule has 0 heterocycles. The van der Waals surface area contributed by atoms with E-state index in [9.17, 15) is 0 Å². The summed E-state index contributed by atoms with van der Waals surface area (Å²) >= 11 is 0. The molecule has 68 valence electrons. The Morgan fingerprint density at radius 2 is 1.27 bits per heavy atom. The van der Waals surface area contributed by atoms with Crippen LogP contribution in [0, 0.1) is 17.8 Å². The second-order valence-corrected chi connectivity index (χ2v) is 4.71. The van der Waals surface area contributed by atoms with Gasteiger partial charge in [-0.25, -0.2) is 0 Å². The van der Waals surface area contributed by atoms with E-state index in [-0.39, 0.29) is 0 Å². The van der Waals surface area contributed by atoms with Crippen molar-refractivity contribution in [2.45, 2.75) is 53.9 Å². The minimum absolute atomic E-state index is 0.872. The van der Waals surface area contributed by atoms with E-state index >= 15 is 0 Å². The maximum atomic E-state index is 2.38. The fraction of sp³-hybridized carbons (Fsp3) is 1.00. The maximum Gasteiger partial charge on any atom is -0.0440 e. The zero-order valence-electron chi connectivity index (χ0n) is 8.85. The van der Waals surface area contributed by atoms with E-state index in [1.165, 1.54) is 19.3 Å². The first-order valence-electron chi connectivity index (χ1n) is 5.02. The first-order valence-corrected chi connectivity index (χ1v) is 5.02. The molecule has 0 amide bonds. The fourth-order valence-corrected chi connectivity index (χ4v) is 1.54. The highest BCUT2D eigenvalue weighted by Crippen LogP contribution is 2.18. The number of rotatable bonds is 5. The van der Waals surface area contributed by atoms with Gasteiger partial charge in [-0.05, 0) is 24.2 Å². The highest BCUT2D eigenvalue weighted by Gasteiger charge is 2.05. The van der Waals surface area contributed by atoms with Gasteiger partial charge in [0.15, 0.2) is 0 Å². The summed E-state index contributed by atoms with van der Waals surface area (Å²) in [6.07, 6.45) is 4.20. The minimum atomic E-state index is 0.872. The lowest BCUT2D eigenvalue weighted by Gasteiger charge is -2.14. The van der Waals surface area contributed by atoms with Crippen molar-refractivity contribution in [3.05, 3.63) is 0 Å². The van der Waals surface area contributed by atoms with E-state index in [0.29, 0.717) is 0 Å². The van der Waals surface area contributed by atoms with E-state index in [0.717, 1.165) is 17.8 Å². The lowest BCUT2D eigenvalue weighted by molar-refractivity contribution is 0.381. The molecule has 0 rings (SSSR count). The summed E-state index contributed by atoms with van der Waals surface area (Å²) in [6.45, 7) is 11.6. The molecule has 11 heavy (non-hydrogen) atoms. The molecule has 0 aromatic heterocycles. The zero-order valence-corrected chi connectivity index (χ0v) is 8.85. The minimum Gasteiger partial charge on any atom is -0.0628 e. The molecule has 1 atom stereocenters. The van der Waals surface area contributed by atoms with Crippen LogP contribution in [0.3, 0.4) is 0 Å². The van der Waals surface area contributed by atoms with Gasteiger partial charge in [0.05, 0.1) is 0 Å². The lowest BCUT2D eigenvalue weighted by atomic mass is 9.92. The number of hydrogen-bond donors (Lipinski definition) is 0. The van der Waals surface area contributed by atoms with Crippen LogP contribution in [0.5, 0.6) is 0 Å². The van der Waals surface area contributed by atoms with Crippen molar-refractivity contribution < 1.29 is 0 Å². The largest absolute Gasteiger partial charge is 0.0628 e. The van der Waals surface area contributed by atoms with E-state index in [4.69, 9.17) is 0 Å². The van der Waals surface area contributed by atoms with Crippen molar-refractivity contribution in [1.82, 2.24) is 0 Å². The van der Waals surface area contributed by atoms with Crippen LogP contribution in [0.2, 0.25) is 0 Å². The third kappa shape index (κ3) is 7.90. The monoisotopic (exact) mass is 156 g/mol. The molecular weight excluding hydrogens is 132 g/mol. The third-order valence-electron chi connectivity index (χ3n) is 2.11. The Labute approximate surface area is 72.4 Å². The molecule has 0 radical (unpaired) electrons. The van der Waals surface area contributed by atoms with Crippen molar-refractivity contribution in [2.75, 3.05) is 0 Å². The standard InChI is InChI=1S/C11H24/c1-9(2)6-7-11(5)8-10(3)4/h9-11H,6-8H2,1-5H3. The van der Waals surface area contributed by atoms with E-state index in [2.05, 4.69) is 34.6 Å². The Hall–Kier alpha value is 0. The molecule has 0 saturated carbocycles.